The number of nitro benzene ring substituents is 1. The van der Waals surface area contributed by atoms with Gasteiger partial charge in [-0.15, -0.1) is 0 Å². The summed E-state index contributed by atoms with van der Waals surface area (Å²) in [6.07, 6.45) is 0. The highest BCUT2D eigenvalue weighted by Gasteiger charge is 2.29. The lowest BCUT2D eigenvalue weighted by atomic mass is 10.1. The molecule has 0 radical (unpaired) electrons. The summed E-state index contributed by atoms with van der Waals surface area (Å²) < 4.78 is 28.1. The molecule has 0 fully saturated rings. The monoisotopic (exact) mass is 391 g/mol. The van der Waals surface area contributed by atoms with Crippen molar-refractivity contribution in [2.45, 2.75) is 25.3 Å². The van der Waals surface area contributed by atoms with Crippen LogP contribution in [0.4, 0.5) is 5.69 Å². The van der Waals surface area contributed by atoms with Crippen LogP contribution in [0.3, 0.4) is 0 Å². The standard InChI is InChI=1S/C19H25N3O4S/c1-15-12-18(22(23)24)13-19(16(15)2)27(25,26)21(11-10-20(3)4)14-17-8-6-5-7-9-17/h5-9,12-13H,10-11,14H2,1-4H3. The Morgan fingerprint density at radius 1 is 1.04 bits per heavy atom. The van der Waals surface area contributed by atoms with Crippen molar-refractivity contribution in [2.24, 2.45) is 0 Å². The van der Waals surface area contributed by atoms with Crippen LogP contribution in [0, 0.1) is 24.0 Å². The van der Waals surface area contributed by atoms with Gasteiger partial charge in [-0.3, -0.25) is 10.1 Å². The van der Waals surface area contributed by atoms with Crippen molar-refractivity contribution >= 4 is 15.7 Å². The molecule has 0 N–H and O–H groups in total. The van der Waals surface area contributed by atoms with Gasteiger partial charge in [0, 0.05) is 31.8 Å². The molecule has 2 aromatic rings. The zero-order chi connectivity index (χ0) is 20.2. The normalized spacial score (nSPS) is 11.9. The van der Waals surface area contributed by atoms with Gasteiger partial charge in [-0.1, -0.05) is 30.3 Å². The maximum atomic E-state index is 13.4. The van der Waals surface area contributed by atoms with E-state index >= 15 is 0 Å². The Bertz CT molecular complexity index is 912. The lowest BCUT2D eigenvalue weighted by molar-refractivity contribution is -0.385. The molecule has 0 bridgehead atoms. The molecule has 8 heteroatoms. The minimum atomic E-state index is -3.90. The molecule has 2 aromatic carbocycles. The third-order valence-corrected chi connectivity index (χ3v) is 6.40. The molecule has 2 rings (SSSR count). The molecule has 146 valence electrons. The molecule has 0 aliphatic rings. The SMILES string of the molecule is Cc1cc([N+](=O)[O-])cc(S(=O)(=O)N(CCN(C)C)Cc2ccccc2)c1C. The number of rotatable bonds is 8. The summed E-state index contributed by atoms with van der Waals surface area (Å²) in [4.78, 5) is 12.5. The molecule has 0 amide bonds. The second-order valence-electron chi connectivity index (χ2n) is 6.77. The average molecular weight is 391 g/mol. The molecule has 7 nitrogen and oxygen atoms in total. The first-order valence-electron chi connectivity index (χ1n) is 8.57. The second-order valence-corrected chi connectivity index (χ2v) is 8.68. The minimum absolute atomic E-state index is 0.0103. The number of hydrogen-bond acceptors (Lipinski definition) is 5. The molecule has 0 aliphatic heterocycles. The van der Waals surface area contributed by atoms with Crippen molar-refractivity contribution in [1.82, 2.24) is 9.21 Å². The molecular weight excluding hydrogens is 366 g/mol. The minimum Gasteiger partial charge on any atom is -0.308 e. The largest absolute Gasteiger partial charge is 0.308 e. The van der Waals surface area contributed by atoms with Crippen LogP contribution >= 0.6 is 0 Å². The molecule has 27 heavy (non-hydrogen) atoms. The average Bonchev–Trinajstić information content (AvgIpc) is 2.60. The summed E-state index contributed by atoms with van der Waals surface area (Å²) in [6, 6.07) is 11.9. The van der Waals surface area contributed by atoms with Crippen molar-refractivity contribution in [3.8, 4) is 0 Å². The Labute approximate surface area is 160 Å². The van der Waals surface area contributed by atoms with Crippen LogP contribution in [0.1, 0.15) is 16.7 Å². The van der Waals surface area contributed by atoms with Gasteiger partial charge in [-0.2, -0.15) is 4.31 Å². The van der Waals surface area contributed by atoms with Crippen LogP contribution < -0.4 is 0 Å². The first-order valence-corrected chi connectivity index (χ1v) is 10.0. The quantitative estimate of drug-likeness (QED) is 0.510. The Hall–Kier alpha value is -2.29. The highest BCUT2D eigenvalue weighted by atomic mass is 32.2. The first kappa shape index (κ1) is 21.0. The maximum Gasteiger partial charge on any atom is 0.271 e. The van der Waals surface area contributed by atoms with E-state index in [1.807, 2.05) is 49.3 Å². The fourth-order valence-electron chi connectivity index (χ4n) is 2.70. The summed E-state index contributed by atoms with van der Waals surface area (Å²) in [6.45, 7) is 4.39. The van der Waals surface area contributed by atoms with Crippen molar-refractivity contribution in [2.75, 3.05) is 27.2 Å². The first-order chi connectivity index (χ1) is 12.6. The number of nitrogens with zero attached hydrogens (tertiary/aromatic N) is 3. The van der Waals surface area contributed by atoms with Crippen LogP contribution in [0.5, 0.6) is 0 Å². The maximum absolute atomic E-state index is 13.4. The van der Waals surface area contributed by atoms with Gasteiger partial charge >= 0.3 is 0 Å². The number of hydrogen-bond donors (Lipinski definition) is 0. The van der Waals surface area contributed by atoms with Crippen molar-refractivity contribution in [3.63, 3.8) is 0 Å². The summed E-state index contributed by atoms with van der Waals surface area (Å²) in [5.74, 6) is 0. The number of sulfonamides is 1. The number of likely N-dealkylation sites (N-methyl/N-ethyl adjacent to an activating group) is 1. The van der Waals surface area contributed by atoms with Crippen molar-refractivity contribution in [3.05, 3.63) is 69.3 Å². The third kappa shape index (κ3) is 5.12. The second kappa shape index (κ2) is 8.60. The van der Waals surface area contributed by atoms with Crippen molar-refractivity contribution in [1.29, 1.82) is 0 Å². The molecular formula is C19H25N3O4S. The molecule has 0 aliphatic carbocycles. The fraction of sp³-hybridized carbons (Fsp3) is 0.368. The predicted molar refractivity (Wildman–Crippen MR) is 105 cm³/mol. The molecule has 0 aromatic heterocycles. The molecule has 0 heterocycles. The number of nitro groups is 1. The molecule has 0 spiro atoms. The van der Waals surface area contributed by atoms with E-state index in [-0.39, 0.29) is 23.7 Å². The predicted octanol–water partition coefficient (Wildman–Crippen LogP) is 2.96. The third-order valence-electron chi connectivity index (χ3n) is 4.43. The van der Waals surface area contributed by atoms with Gasteiger partial charge in [0.2, 0.25) is 10.0 Å². The highest BCUT2D eigenvalue weighted by molar-refractivity contribution is 7.89. The molecule has 0 saturated heterocycles. The van der Waals surface area contributed by atoms with Gasteiger partial charge in [-0.05, 0) is 44.6 Å². The van der Waals surface area contributed by atoms with Crippen LogP contribution in [0.25, 0.3) is 0 Å². The lowest BCUT2D eigenvalue weighted by Gasteiger charge is -2.25. The Balaban J connectivity index is 2.51. The Morgan fingerprint density at radius 3 is 2.22 bits per heavy atom. The number of non-ortho nitro benzene ring substituents is 1. The van der Waals surface area contributed by atoms with Crippen LogP contribution in [0.15, 0.2) is 47.4 Å². The van der Waals surface area contributed by atoms with Crippen LogP contribution in [-0.4, -0.2) is 49.7 Å². The van der Waals surface area contributed by atoms with Gasteiger partial charge in [0.1, 0.15) is 0 Å². The van der Waals surface area contributed by atoms with Gasteiger partial charge < -0.3 is 4.90 Å². The van der Waals surface area contributed by atoms with E-state index in [9.17, 15) is 18.5 Å². The van der Waals surface area contributed by atoms with Gasteiger partial charge in [0.15, 0.2) is 0 Å². The van der Waals surface area contributed by atoms with E-state index in [1.165, 1.54) is 10.4 Å². The summed E-state index contributed by atoms with van der Waals surface area (Å²) in [5.41, 5.74) is 1.75. The topological polar surface area (TPSA) is 83.8 Å². The van der Waals surface area contributed by atoms with Crippen molar-refractivity contribution < 1.29 is 13.3 Å². The summed E-state index contributed by atoms with van der Waals surface area (Å²) in [5, 5.41) is 11.2. The number of aryl methyl sites for hydroxylation is 1. The summed E-state index contributed by atoms with van der Waals surface area (Å²) >= 11 is 0. The zero-order valence-corrected chi connectivity index (χ0v) is 16.9. The fourth-order valence-corrected chi connectivity index (χ4v) is 4.44. The van der Waals surface area contributed by atoms with E-state index in [2.05, 4.69) is 0 Å². The van der Waals surface area contributed by atoms with E-state index in [1.54, 1.807) is 13.8 Å². The molecule has 0 saturated carbocycles. The Morgan fingerprint density at radius 2 is 1.67 bits per heavy atom. The zero-order valence-electron chi connectivity index (χ0n) is 16.0. The highest BCUT2D eigenvalue weighted by Crippen LogP contribution is 2.28. The smallest absolute Gasteiger partial charge is 0.271 e. The van der Waals surface area contributed by atoms with Crippen LogP contribution in [0.2, 0.25) is 0 Å². The molecule has 0 unspecified atom stereocenters. The van der Waals surface area contributed by atoms with E-state index in [0.717, 1.165) is 11.6 Å². The number of benzene rings is 2. The van der Waals surface area contributed by atoms with Crippen LogP contribution in [-0.2, 0) is 16.6 Å². The van der Waals surface area contributed by atoms with Gasteiger partial charge in [-0.25, -0.2) is 8.42 Å². The summed E-state index contributed by atoms with van der Waals surface area (Å²) in [7, 11) is -0.160. The van der Waals surface area contributed by atoms with E-state index in [4.69, 9.17) is 0 Å². The lowest BCUT2D eigenvalue weighted by Crippen LogP contribution is -2.36. The van der Waals surface area contributed by atoms with E-state index < -0.39 is 14.9 Å². The van der Waals surface area contributed by atoms with Gasteiger partial charge in [0.25, 0.3) is 5.69 Å². The van der Waals surface area contributed by atoms with Gasteiger partial charge in [0.05, 0.1) is 9.82 Å². The van der Waals surface area contributed by atoms with E-state index in [0.29, 0.717) is 17.7 Å². The molecule has 0 atom stereocenters. The Kier molecular flexibility index (Phi) is 6.69.